The Balaban J connectivity index is 0.00000261. The highest BCUT2D eigenvalue weighted by Gasteiger charge is 2.27. The first-order valence-electron chi connectivity index (χ1n) is 9.31. The van der Waals surface area contributed by atoms with Crippen LogP contribution in [-0.4, -0.2) is 65.4 Å². The Morgan fingerprint density at radius 3 is 2.26 bits per heavy atom. The van der Waals surface area contributed by atoms with Crippen molar-refractivity contribution in [2.45, 2.75) is 44.4 Å². The van der Waals surface area contributed by atoms with Crippen molar-refractivity contribution < 1.29 is 19.4 Å². The number of hydrogen-bond acceptors (Lipinski definition) is 4. The third-order valence-corrected chi connectivity index (χ3v) is 5.16. The second-order valence-electron chi connectivity index (χ2n) is 7.06. The van der Waals surface area contributed by atoms with Crippen LogP contribution in [0, 0.1) is 0 Å². The smallest absolute Gasteiger partial charge is 0.450 e. The van der Waals surface area contributed by atoms with Gasteiger partial charge in [0.1, 0.15) is 6.10 Å². The number of rotatable bonds is 4. The SMILES string of the molecule is Cl.O=C(O)OC1CCN(C(=O)NC2CCN(Cc3ccccc3)CC2)CC1. The van der Waals surface area contributed by atoms with E-state index in [1.165, 1.54) is 5.56 Å². The van der Waals surface area contributed by atoms with Gasteiger partial charge in [-0.3, -0.25) is 4.90 Å². The molecule has 0 radical (unpaired) electrons. The Morgan fingerprint density at radius 2 is 1.67 bits per heavy atom. The molecule has 0 atom stereocenters. The summed E-state index contributed by atoms with van der Waals surface area (Å²) >= 11 is 0. The van der Waals surface area contributed by atoms with Gasteiger partial charge in [-0.05, 0) is 18.4 Å². The maximum atomic E-state index is 12.4. The summed E-state index contributed by atoms with van der Waals surface area (Å²) in [7, 11) is 0. The van der Waals surface area contributed by atoms with Crippen LogP contribution in [0.4, 0.5) is 9.59 Å². The van der Waals surface area contributed by atoms with Crippen molar-refractivity contribution >= 4 is 24.6 Å². The van der Waals surface area contributed by atoms with Gasteiger partial charge in [0.25, 0.3) is 0 Å². The molecule has 2 fully saturated rings. The standard InChI is InChI=1S/C19H27N3O4.ClH/c23-18(22-12-8-17(9-13-22)26-19(24)25)20-16-6-10-21(11-7-16)14-15-4-2-1-3-5-15;/h1-5,16-17H,6-14H2,(H,20,23)(H,24,25);1H. The van der Waals surface area contributed by atoms with E-state index in [0.29, 0.717) is 25.9 Å². The number of carbonyl (C=O) groups excluding carboxylic acids is 1. The molecule has 2 amide bonds. The minimum absolute atomic E-state index is 0. The molecule has 8 heteroatoms. The number of hydrogen-bond donors (Lipinski definition) is 2. The number of benzene rings is 1. The quantitative estimate of drug-likeness (QED) is 0.763. The predicted octanol–water partition coefficient (Wildman–Crippen LogP) is 2.94. The van der Waals surface area contributed by atoms with Gasteiger partial charge in [-0.2, -0.15) is 0 Å². The molecule has 2 N–H and O–H groups in total. The minimum atomic E-state index is -1.24. The Labute approximate surface area is 166 Å². The third-order valence-electron chi connectivity index (χ3n) is 5.16. The largest absolute Gasteiger partial charge is 0.506 e. The molecule has 0 unspecified atom stereocenters. The molecule has 150 valence electrons. The van der Waals surface area contributed by atoms with Crippen molar-refractivity contribution in [3.8, 4) is 0 Å². The number of ether oxygens (including phenoxy) is 1. The normalized spacial score (nSPS) is 19.2. The average Bonchev–Trinajstić information content (AvgIpc) is 2.64. The van der Waals surface area contributed by atoms with E-state index in [1.54, 1.807) is 4.90 Å². The number of nitrogens with one attached hydrogen (secondary N) is 1. The molecule has 27 heavy (non-hydrogen) atoms. The van der Waals surface area contributed by atoms with Gasteiger partial charge in [0.05, 0.1) is 0 Å². The summed E-state index contributed by atoms with van der Waals surface area (Å²) in [6.45, 7) is 3.99. The first kappa shape index (κ1) is 21.3. The summed E-state index contributed by atoms with van der Waals surface area (Å²) in [4.78, 5) is 27.2. The highest BCUT2D eigenvalue weighted by atomic mass is 35.5. The second-order valence-corrected chi connectivity index (χ2v) is 7.06. The molecule has 2 heterocycles. The van der Waals surface area contributed by atoms with E-state index in [1.807, 2.05) is 6.07 Å². The minimum Gasteiger partial charge on any atom is -0.450 e. The lowest BCUT2D eigenvalue weighted by atomic mass is 10.0. The zero-order valence-electron chi connectivity index (χ0n) is 15.4. The highest BCUT2D eigenvalue weighted by molar-refractivity contribution is 5.85. The van der Waals surface area contributed by atoms with Gasteiger partial charge in [-0.15, -0.1) is 12.4 Å². The average molecular weight is 398 g/mol. The van der Waals surface area contributed by atoms with Crippen LogP contribution in [0.1, 0.15) is 31.2 Å². The molecule has 7 nitrogen and oxygen atoms in total. The van der Waals surface area contributed by atoms with E-state index in [4.69, 9.17) is 9.84 Å². The lowest BCUT2D eigenvalue weighted by Gasteiger charge is -2.35. The summed E-state index contributed by atoms with van der Waals surface area (Å²) in [5.74, 6) is 0. The van der Waals surface area contributed by atoms with E-state index in [-0.39, 0.29) is 30.6 Å². The molecular weight excluding hydrogens is 370 g/mol. The molecule has 0 bridgehead atoms. The first-order chi connectivity index (χ1) is 12.6. The summed E-state index contributed by atoms with van der Waals surface area (Å²) in [6.07, 6.45) is 1.51. The molecule has 1 aromatic rings. The molecule has 0 aromatic heterocycles. The van der Waals surface area contributed by atoms with Crippen molar-refractivity contribution in [3.05, 3.63) is 35.9 Å². The summed E-state index contributed by atoms with van der Waals surface area (Å²) in [5.41, 5.74) is 1.32. The summed E-state index contributed by atoms with van der Waals surface area (Å²) in [5, 5.41) is 11.8. The number of halogens is 1. The number of nitrogens with zero attached hydrogens (tertiary/aromatic N) is 2. The fourth-order valence-corrected chi connectivity index (χ4v) is 3.66. The number of carboxylic acid groups (broad SMARTS) is 1. The molecule has 2 saturated heterocycles. The van der Waals surface area contributed by atoms with Crippen LogP contribution in [0.15, 0.2) is 30.3 Å². The van der Waals surface area contributed by atoms with Crippen molar-refractivity contribution in [3.63, 3.8) is 0 Å². The van der Waals surface area contributed by atoms with Crippen LogP contribution in [-0.2, 0) is 11.3 Å². The Bertz CT molecular complexity index is 600. The number of amides is 2. The molecule has 0 spiro atoms. The van der Waals surface area contributed by atoms with Gasteiger partial charge in [0, 0.05) is 51.6 Å². The monoisotopic (exact) mass is 397 g/mol. The maximum absolute atomic E-state index is 12.4. The third kappa shape index (κ3) is 6.59. The lowest BCUT2D eigenvalue weighted by molar-refractivity contribution is 0.0255. The van der Waals surface area contributed by atoms with Gasteiger partial charge >= 0.3 is 12.2 Å². The summed E-state index contributed by atoms with van der Waals surface area (Å²) in [6, 6.07) is 10.6. The predicted molar refractivity (Wildman–Crippen MR) is 104 cm³/mol. The van der Waals surface area contributed by atoms with Crippen LogP contribution >= 0.6 is 12.4 Å². The van der Waals surface area contributed by atoms with Gasteiger partial charge in [-0.1, -0.05) is 30.3 Å². The fourth-order valence-electron chi connectivity index (χ4n) is 3.66. The first-order valence-corrected chi connectivity index (χ1v) is 9.31. The van der Waals surface area contributed by atoms with Crippen LogP contribution in [0.5, 0.6) is 0 Å². The topological polar surface area (TPSA) is 82.1 Å². The van der Waals surface area contributed by atoms with Crippen LogP contribution < -0.4 is 5.32 Å². The Morgan fingerprint density at radius 1 is 1.04 bits per heavy atom. The van der Waals surface area contributed by atoms with Crippen molar-refractivity contribution in [2.75, 3.05) is 26.2 Å². The van der Waals surface area contributed by atoms with Gasteiger partial charge in [-0.25, -0.2) is 9.59 Å². The zero-order chi connectivity index (χ0) is 18.4. The molecule has 0 aliphatic carbocycles. The molecule has 2 aliphatic heterocycles. The summed E-state index contributed by atoms with van der Waals surface area (Å²) < 4.78 is 4.78. The van der Waals surface area contributed by atoms with E-state index in [2.05, 4.69) is 34.5 Å². The number of piperidine rings is 2. The second kappa shape index (κ2) is 10.4. The van der Waals surface area contributed by atoms with Gasteiger partial charge < -0.3 is 20.1 Å². The fraction of sp³-hybridized carbons (Fsp3) is 0.579. The van der Waals surface area contributed by atoms with Crippen LogP contribution in [0.25, 0.3) is 0 Å². The molecule has 3 rings (SSSR count). The van der Waals surface area contributed by atoms with Crippen molar-refractivity contribution in [1.29, 1.82) is 0 Å². The van der Waals surface area contributed by atoms with Gasteiger partial charge in [0.15, 0.2) is 0 Å². The van der Waals surface area contributed by atoms with Gasteiger partial charge in [0.2, 0.25) is 0 Å². The zero-order valence-corrected chi connectivity index (χ0v) is 16.2. The number of carbonyl (C=O) groups is 2. The van der Waals surface area contributed by atoms with E-state index < -0.39 is 6.16 Å². The Hall–Kier alpha value is -1.99. The van der Waals surface area contributed by atoms with Crippen LogP contribution in [0.2, 0.25) is 0 Å². The van der Waals surface area contributed by atoms with Crippen molar-refractivity contribution in [2.24, 2.45) is 0 Å². The maximum Gasteiger partial charge on any atom is 0.506 e. The Kier molecular flexibility index (Phi) is 8.19. The van der Waals surface area contributed by atoms with E-state index in [9.17, 15) is 9.59 Å². The number of urea groups is 1. The van der Waals surface area contributed by atoms with Crippen LogP contribution in [0.3, 0.4) is 0 Å². The molecule has 2 aliphatic rings. The number of likely N-dealkylation sites (tertiary alicyclic amines) is 2. The molecule has 1 aromatic carbocycles. The van der Waals surface area contributed by atoms with E-state index >= 15 is 0 Å². The van der Waals surface area contributed by atoms with E-state index in [0.717, 1.165) is 32.5 Å². The molecule has 0 saturated carbocycles. The molecular formula is C19H28ClN3O4. The highest BCUT2D eigenvalue weighted by Crippen LogP contribution is 2.16. The lowest BCUT2D eigenvalue weighted by Crippen LogP contribution is -2.51. The van der Waals surface area contributed by atoms with Crippen molar-refractivity contribution in [1.82, 2.24) is 15.1 Å².